The fourth-order valence-corrected chi connectivity index (χ4v) is 3.03. The highest BCUT2D eigenvalue weighted by Gasteiger charge is 2.35. The number of hydrogen-bond acceptors (Lipinski definition) is 4. The Balaban J connectivity index is 1.57. The largest absolute Gasteiger partial charge is 0.354 e. The first-order chi connectivity index (χ1) is 12.5. The van der Waals surface area contributed by atoms with Crippen molar-refractivity contribution in [3.05, 3.63) is 58.3 Å². The lowest BCUT2D eigenvalue weighted by Gasteiger charge is -2.18. The zero-order valence-corrected chi connectivity index (χ0v) is 14.9. The number of aromatic nitrogens is 2. The van der Waals surface area contributed by atoms with Gasteiger partial charge < -0.3 is 10.2 Å². The molecule has 26 heavy (non-hydrogen) atoms. The summed E-state index contributed by atoms with van der Waals surface area (Å²) in [5.74, 6) is -0.590. The van der Waals surface area contributed by atoms with Gasteiger partial charge in [0.25, 0.3) is 0 Å². The number of hydrogen-bond donors (Lipinski definition) is 1. The molecule has 0 bridgehead atoms. The van der Waals surface area contributed by atoms with Gasteiger partial charge in [0.05, 0.1) is 5.92 Å². The van der Waals surface area contributed by atoms with Gasteiger partial charge in [-0.25, -0.2) is 9.78 Å². The maximum absolute atomic E-state index is 12.4. The van der Waals surface area contributed by atoms with Crippen LogP contribution in [0.25, 0.3) is 0 Å². The predicted octanol–water partition coefficient (Wildman–Crippen LogP) is 1.03. The molecule has 7 heteroatoms. The molecule has 1 aromatic heterocycles. The van der Waals surface area contributed by atoms with Crippen LogP contribution in [0.4, 0.5) is 5.69 Å². The van der Waals surface area contributed by atoms with Crippen molar-refractivity contribution >= 4 is 17.5 Å². The summed E-state index contributed by atoms with van der Waals surface area (Å²) in [7, 11) is 0. The lowest BCUT2D eigenvalue weighted by molar-refractivity contribution is -0.126. The first-order valence-electron chi connectivity index (χ1n) is 8.62. The van der Waals surface area contributed by atoms with Gasteiger partial charge in [-0.05, 0) is 43.2 Å². The van der Waals surface area contributed by atoms with Crippen LogP contribution in [0.2, 0.25) is 0 Å². The number of rotatable bonds is 5. The summed E-state index contributed by atoms with van der Waals surface area (Å²) < 4.78 is 1.43. The molecule has 1 unspecified atom stereocenters. The molecule has 0 radical (unpaired) electrons. The summed E-state index contributed by atoms with van der Waals surface area (Å²) in [6.45, 7) is 5.07. The summed E-state index contributed by atoms with van der Waals surface area (Å²) in [4.78, 5) is 41.6. The molecular formula is C19H22N4O3. The van der Waals surface area contributed by atoms with Gasteiger partial charge in [0.2, 0.25) is 11.8 Å². The number of aryl methyl sites for hydroxylation is 2. The van der Waals surface area contributed by atoms with Gasteiger partial charge in [-0.2, -0.15) is 0 Å². The molecule has 1 N–H and O–H groups in total. The van der Waals surface area contributed by atoms with Crippen molar-refractivity contribution in [2.45, 2.75) is 26.8 Å². The van der Waals surface area contributed by atoms with Crippen molar-refractivity contribution in [1.82, 2.24) is 14.9 Å². The molecule has 3 rings (SSSR count). The average Bonchev–Trinajstić information content (AvgIpc) is 3.01. The molecule has 1 fully saturated rings. The second-order valence-electron chi connectivity index (χ2n) is 6.56. The molecule has 2 aromatic rings. The third kappa shape index (κ3) is 3.82. The van der Waals surface area contributed by atoms with E-state index in [1.54, 1.807) is 17.2 Å². The predicted molar refractivity (Wildman–Crippen MR) is 97.9 cm³/mol. The van der Waals surface area contributed by atoms with Gasteiger partial charge in [0.1, 0.15) is 0 Å². The Kier molecular flexibility index (Phi) is 5.16. The lowest BCUT2D eigenvalue weighted by Crippen LogP contribution is -2.36. The van der Waals surface area contributed by atoms with E-state index < -0.39 is 0 Å². The second-order valence-corrected chi connectivity index (χ2v) is 6.56. The van der Waals surface area contributed by atoms with E-state index in [1.165, 1.54) is 16.3 Å². The Morgan fingerprint density at radius 1 is 1.27 bits per heavy atom. The van der Waals surface area contributed by atoms with Crippen LogP contribution in [0.15, 0.2) is 41.5 Å². The molecule has 2 amide bonds. The Morgan fingerprint density at radius 2 is 2.08 bits per heavy atom. The van der Waals surface area contributed by atoms with Crippen LogP contribution in [-0.2, 0) is 16.1 Å². The number of nitrogens with one attached hydrogen (secondary N) is 1. The summed E-state index contributed by atoms with van der Waals surface area (Å²) in [6, 6.07) is 7.54. The summed E-state index contributed by atoms with van der Waals surface area (Å²) in [5.41, 5.74) is 2.76. The number of carbonyl (C=O) groups is 2. The maximum atomic E-state index is 12.4. The second kappa shape index (κ2) is 7.51. The highest BCUT2D eigenvalue weighted by atomic mass is 16.2. The van der Waals surface area contributed by atoms with E-state index in [0.29, 0.717) is 19.6 Å². The fourth-order valence-electron chi connectivity index (χ4n) is 3.03. The molecule has 0 aliphatic carbocycles. The van der Waals surface area contributed by atoms with Gasteiger partial charge in [0, 0.05) is 44.1 Å². The van der Waals surface area contributed by atoms with Crippen LogP contribution in [0.1, 0.15) is 17.5 Å². The molecule has 1 aliphatic rings. The maximum Gasteiger partial charge on any atom is 0.347 e. The number of benzene rings is 1. The van der Waals surface area contributed by atoms with Crippen molar-refractivity contribution in [2.24, 2.45) is 5.92 Å². The molecule has 0 spiro atoms. The van der Waals surface area contributed by atoms with Gasteiger partial charge in [-0.3, -0.25) is 14.2 Å². The number of carbonyl (C=O) groups excluding carboxylic acids is 2. The molecular weight excluding hydrogens is 332 g/mol. The SMILES string of the molecule is Cc1ccc(N2CC(C(=O)NCCn3cccnc3=O)CC2=O)cc1C. The minimum atomic E-state index is -0.380. The molecule has 136 valence electrons. The van der Waals surface area contributed by atoms with Crippen LogP contribution in [0, 0.1) is 19.8 Å². The molecule has 1 saturated heterocycles. The summed E-state index contributed by atoms with van der Waals surface area (Å²) >= 11 is 0. The number of nitrogens with zero attached hydrogens (tertiary/aromatic N) is 3. The molecule has 7 nitrogen and oxygen atoms in total. The van der Waals surface area contributed by atoms with Crippen LogP contribution < -0.4 is 15.9 Å². The quantitative estimate of drug-likeness (QED) is 0.869. The first kappa shape index (κ1) is 17.8. The first-order valence-corrected chi connectivity index (χ1v) is 8.62. The summed E-state index contributed by atoms with van der Waals surface area (Å²) in [6.07, 6.45) is 3.26. The highest BCUT2D eigenvalue weighted by Crippen LogP contribution is 2.26. The lowest BCUT2D eigenvalue weighted by atomic mass is 10.1. The minimum absolute atomic E-state index is 0.0446. The highest BCUT2D eigenvalue weighted by molar-refractivity contribution is 6.00. The molecule has 1 aromatic carbocycles. The average molecular weight is 354 g/mol. The molecule has 2 heterocycles. The topological polar surface area (TPSA) is 84.3 Å². The Hall–Kier alpha value is -2.96. The fraction of sp³-hybridized carbons (Fsp3) is 0.368. The normalized spacial score (nSPS) is 16.8. The molecule has 1 aliphatic heterocycles. The van der Waals surface area contributed by atoms with Crippen molar-refractivity contribution < 1.29 is 9.59 Å². The molecule has 0 saturated carbocycles. The third-order valence-electron chi connectivity index (χ3n) is 4.73. The van der Waals surface area contributed by atoms with Crippen LogP contribution in [-0.4, -0.2) is 34.5 Å². The summed E-state index contributed by atoms with van der Waals surface area (Å²) in [5, 5.41) is 2.81. The number of amides is 2. The van der Waals surface area contributed by atoms with E-state index >= 15 is 0 Å². The van der Waals surface area contributed by atoms with E-state index in [2.05, 4.69) is 10.3 Å². The number of anilines is 1. The van der Waals surface area contributed by atoms with E-state index in [1.807, 2.05) is 32.0 Å². The van der Waals surface area contributed by atoms with Crippen LogP contribution >= 0.6 is 0 Å². The van der Waals surface area contributed by atoms with Crippen molar-refractivity contribution in [1.29, 1.82) is 0 Å². The van der Waals surface area contributed by atoms with Crippen molar-refractivity contribution in [2.75, 3.05) is 18.0 Å². The van der Waals surface area contributed by atoms with E-state index in [-0.39, 0.29) is 29.8 Å². The molecule has 1 atom stereocenters. The van der Waals surface area contributed by atoms with E-state index in [4.69, 9.17) is 0 Å². The van der Waals surface area contributed by atoms with Crippen LogP contribution in [0.3, 0.4) is 0 Å². The van der Waals surface area contributed by atoms with Crippen molar-refractivity contribution in [3.63, 3.8) is 0 Å². The van der Waals surface area contributed by atoms with Gasteiger partial charge in [0.15, 0.2) is 0 Å². The van der Waals surface area contributed by atoms with Gasteiger partial charge in [-0.15, -0.1) is 0 Å². The standard InChI is InChI=1S/C19H22N4O3/c1-13-4-5-16(10-14(13)2)23-12-15(11-17(23)24)18(25)20-7-9-22-8-3-6-21-19(22)26/h3-6,8,10,15H,7,9,11-12H2,1-2H3,(H,20,25). The zero-order valence-electron chi connectivity index (χ0n) is 14.9. The van der Waals surface area contributed by atoms with Crippen LogP contribution in [0.5, 0.6) is 0 Å². The monoisotopic (exact) mass is 354 g/mol. The Labute approximate surface area is 151 Å². The van der Waals surface area contributed by atoms with E-state index in [0.717, 1.165) is 11.3 Å². The van der Waals surface area contributed by atoms with E-state index in [9.17, 15) is 14.4 Å². The Morgan fingerprint density at radius 3 is 2.81 bits per heavy atom. The smallest absolute Gasteiger partial charge is 0.347 e. The van der Waals surface area contributed by atoms with Gasteiger partial charge >= 0.3 is 5.69 Å². The van der Waals surface area contributed by atoms with Crippen molar-refractivity contribution in [3.8, 4) is 0 Å². The Bertz CT molecular complexity index is 890. The minimum Gasteiger partial charge on any atom is -0.354 e. The zero-order chi connectivity index (χ0) is 18.7. The third-order valence-corrected chi connectivity index (χ3v) is 4.73. The van der Waals surface area contributed by atoms with Gasteiger partial charge in [-0.1, -0.05) is 6.07 Å².